The van der Waals surface area contributed by atoms with Gasteiger partial charge < -0.3 is 10.4 Å². The number of benzene rings is 1. The first-order chi connectivity index (χ1) is 13.9. The summed E-state index contributed by atoms with van der Waals surface area (Å²) in [5.41, 5.74) is -4.10. The number of rotatable bonds is 4. The number of carbonyl (C=O) groups excluding carboxylic acids is 1. The predicted octanol–water partition coefficient (Wildman–Crippen LogP) is 3.46. The molecule has 0 unspecified atom stereocenters. The molecule has 0 aliphatic carbocycles. The number of nitrogens with zero attached hydrogens (tertiary/aromatic N) is 4. The molecule has 12 heteroatoms. The Bertz CT molecular complexity index is 1180. The fourth-order valence-electron chi connectivity index (χ4n) is 2.70. The third-order valence-corrected chi connectivity index (χ3v) is 4.97. The number of fused-ring (bicyclic) bond motifs is 1. The molecule has 156 valence electrons. The highest BCUT2D eigenvalue weighted by Crippen LogP contribution is 2.32. The number of nitrogens with one attached hydrogen (secondary N) is 1. The molecule has 3 aromatic rings. The number of aromatic nitrogens is 3. The minimum absolute atomic E-state index is 0.339. The molecule has 0 saturated heterocycles. The van der Waals surface area contributed by atoms with E-state index in [0.717, 1.165) is 13.1 Å². The number of anilines is 1. The van der Waals surface area contributed by atoms with Gasteiger partial charge in [-0.3, -0.25) is 9.48 Å². The Kier molecular flexibility index (Phi) is 5.70. The van der Waals surface area contributed by atoms with Gasteiger partial charge >= 0.3 is 6.18 Å². The van der Waals surface area contributed by atoms with Gasteiger partial charge in [0, 0.05) is 5.39 Å². The summed E-state index contributed by atoms with van der Waals surface area (Å²) in [4.78, 5) is 15.9. The highest BCUT2D eigenvalue weighted by atomic mass is 127. The van der Waals surface area contributed by atoms with Crippen molar-refractivity contribution in [1.29, 1.82) is 5.26 Å². The van der Waals surface area contributed by atoms with Gasteiger partial charge in [0.05, 0.1) is 29.5 Å². The first-order valence-electron chi connectivity index (χ1n) is 8.25. The van der Waals surface area contributed by atoms with E-state index in [1.165, 1.54) is 29.0 Å². The van der Waals surface area contributed by atoms with Crippen LogP contribution < -0.4 is 5.32 Å². The third-order valence-electron chi connectivity index (χ3n) is 4.17. The highest BCUT2D eigenvalue weighted by Gasteiger charge is 2.36. The maximum atomic E-state index is 13.4. The van der Waals surface area contributed by atoms with Crippen LogP contribution in [-0.2, 0) is 17.5 Å². The molecule has 1 amide bonds. The van der Waals surface area contributed by atoms with Gasteiger partial charge in [-0.2, -0.15) is 23.5 Å². The van der Waals surface area contributed by atoms with E-state index in [1.54, 1.807) is 0 Å². The summed E-state index contributed by atoms with van der Waals surface area (Å²) in [5.74, 6) is -1.49. The zero-order chi connectivity index (χ0) is 22.3. The number of alkyl halides is 3. The lowest BCUT2D eigenvalue weighted by molar-refractivity contribution is -0.138. The largest absolute Gasteiger partial charge is 0.419 e. The molecule has 0 radical (unpaired) electrons. The lowest BCUT2D eigenvalue weighted by atomic mass is 10.1. The molecule has 3 rings (SSSR count). The second kappa shape index (κ2) is 7.80. The van der Waals surface area contributed by atoms with Crippen molar-refractivity contribution >= 4 is 45.1 Å². The summed E-state index contributed by atoms with van der Waals surface area (Å²) >= 11 is 1.88. The van der Waals surface area contributed by atoms with E-state index in [2.05, 4.69) is 15.4 Å². The quantitative estimate of drug-likeness (QED) is 0.395. The van der Waals surface area contributed by atoms with E-state index in [4.69, 9.17) is 5.26 Å². The molecule has 2 N–H and O–H groups in total. The summed E-state index contributed by atoms with van der Waals surface area (Å²) in [5, 5.41) is 26.2. The van der Waals surface area contributed by atoms with Crippen LogP contribution in [0.25, 0.3) is 10.9 Å². The Morgan fingerprint density at radius 1 is 1.37 bits per heavy atom. The zero-order valence-corrected chi connectivity index (χ0v) is 17.3. The van der Waals surface area contributed by atoms with Crippen LogP contribution in [-0.4, -0.2) is 31.4 Å². The average molecular weight is 533 g/mol. The molecule has 1 atom stereocenters. The topological polar surface area (TPSA) is 104 Å². The van der Waals surface area contributed by atoms with Crippen molar-refractivity contribution in [3.8, 4) is 6.07 Å². The number of carbonyl (C=O) groups is 1. The smallest absolute Gasteiger partial charge is 0.378 e. The molecule has 0 aliphatic rings. The second-order valence-corrected chi connectivity index (χ2v) is 7.59. The minimum atomic E-state index is -4.85. The SMILES string of the molecule is C[C@](O)(Cn1nc(I)c2cc(F)ccc21)C(=O)Nc1cnc(C#N)c(C(F)(F)F)c1. The highest BCUT2D eigenvalue weighted by molar-refractivity contribution is 14.1. The van der Waals surface area contributed by atoms with E-state index < -0.39 is 34.8 Å². The monoisotopic (exact) mass is 533 g/mol. The van der Waals surface area contributed by atoms with Gasteiger partial charge in [-0.25, -0.2) is 9.37 Å². The van der Waals surface area contributed by atoms with Gasteiger partial charge in [-0.15, -0.1) is 0 Å². The molecule has 2 heterocycles. The number of hydrogen-bond donors (Lipinski definition) is 2. The van der Waals surface area contributed by atoms with Gasteiger partial charge in [0.25, 0.3) is 5.91 Å². The van der Waals surface area contributed by atoms with Gasteiger partial charge in [-0.05, 0) is 53.8 Å². The van der Waals surface area contributed by atoms with Crippen LogP contribution in [0.5, 0.6) is 0 Å². The Morgan fingerprint density at radius 2 is 2.07 bits per heavy atom. The number of pyridine rings is 1. The zero-order valence-electron chi connectivity index (χ0n) is 15.1. The Balaban J connectivity index is 1.86. The number of hydrogen-bond acceptors (Lipinski definition) is 5. The van der Waals surface area contributed by atoms with Crippen LogP contribution in [0.2, 0.25) is 0 Å². The van der Waals surface area contributed by atoms with E-state index in [0.29, 0.717) is 20.7 Å². The maximum absolute atomic E-state index is 13.4. The van der Waals surface area contributed by atoms with Crippen molar-refractivity contribution in [2.75, 3.05) is 5.32 Å². The minimum Gasteiger partial charge on any atom is -0.378 e. The standard InChI is InChI=1S/C18H12F4IN5O2/c1-17(30,8-28-14-3-2-9(19)4-11(14)15(23)27-28)16(29)26-10-5-12(18(20,21)22)13(6-24)25-7-10/h2-5,7,30H,8H2,1H3,(H,26,29)/t17-/m0/s1. The Hall–Kier alpha value is -2.79. The first kappa shape index (κ1) is 21.9. The fraction of sp³-hybridized carbons (Fsp3) is 0.222. The van der Waals surface area contributed by atoms with Crippen LogP contribution in [0.1, 0.15) is 18.2 Å². The fourth-order valence-corrected chi connectivity index (χ4v) is 3.39. The molecule has 0 bridgehead atoms. The molecule has 1 aromatic carbocycles. The number of amides is 1. The Morgan fingerprint density at radius 3 is 2.70 bits per heavy atom. The Labute approximate surface area is 180 Å². The molecule has 30 heavy (non-hydrogen) atoms. The van der Waals surface area contributed by atoms with Crippen molar-refractivity contribution < 1.29 is 27.5 Å². The third kappa shape index (κ3) is 4.36. The van der Waals surface area contributed by atoms with Crippen molar-refractivity contribution in [1.82, 2.24) is 14.8 Å². The maximum Gasteiger partial charge on any atom is 0.419 e. The van der Waals surface area contributed by atoms with Crippen LogP contribution in [0, 0.1) is 20.8 Å². The number of nitriles is 1. The van der Waals surface area contributed by atoms with Gasteiger partial charge in [0.2, 0.25) is 0 Å². The molecular formula is C18H12F4IN5O2. The summed E-state index contributed by atoms with van der Waals surface area (Å²) < 4.78 is 54.4. The van der Waals surface area contributed by atoms with Crippen LogP contribution >= 0.6 is 22.6 Å². The average Bonchev–Trinajstić information content (AvgIpc) is 2.95. The molecule has 7 nitrogen and oxygen atoms in total. The van der Waals surface area contributed by atoms with Crippen molar-refractivity contribution in [2.24, 2.45) is 0 Å². The predicted molar refractivity (Wildman–Crippen MR) is 106 cm³/mol. The van der Waals surface area contributed by atoms with E-state index in [1.807, 2.05) is 22.6 Å². The molecule has 2 aromatic heterocycles. The lowest BCUT2D eigenvalue weighted by Crippen LogP contribution is -2.44. The van der Waals surface area contributed by atoms with Crippen molar-refractivity contribution in [3.05, 3.63) is 51.2 Å². The molecule has 0 saturated carbocycles. The number of halogens is 5. The molecule has 0 fully saturated rings. The van der Waals surface area contributed by atoms with E-state index in [-0.39, 0.29) is 12.2 Å². The number of aliphatic hydroxyl groups is 1. The van der Waals surface area contributed by atoms with Gasteiger partial charge in [0.15, 0.2) is 11.3 Å². The summed E-state index contributed by atoms with van der Waals surface area (Å²) in [6, 6.07) is 5.80. The van der Waals surface area contributed by atoms with Crippen LogP contribution in [0.4, 0.5) is 23.2 Å². The lowest BCUT2D eigenvalue weighted by Gasteiger charge is -2.23. The van der Waals surface area contributed by atoms with Crippen molar-refractivity contribution in [3.63, 3.8) is 0 Å². The van der Waals surface area contributed by atoms with Crippen LogP contribution in [0.3, 0.4) is 0 Å². The van der Waals surface area contributed by atoms with Crippen molar-refractivity contribution in [2.45, 2.75) is 25.2 Å². The van der Waals surface area contributed by atoms with Gasteiger partial charge in [-0.1, -0.05) is 0 Å². The summed E-state index contributed by atoms with van der Waals surface area (Å²) in [6.45, 7) is 0.813. The molecule has 0 spiro atoms. The van der Waals surface area contributed by atoms with Crippen LogP contribution in [0.15, 0.2) is 30.5 Å². The van der Waals surface area contributed by atoms with Gasteiger partial charge in [0.1, 0.15) is 15.6 Å². The second-order valence-electron chi connectivity index (χ2n) is 6.57. The summed E-state index contributed by atoms with van der Waals surface area (Å²) in [6.07, 6.45) is -3.96. The first-order valence-corrected chi connectivity index (χ1v) is 9.33. The molecule has 0 aliphatic heterocycles. The van der Waals surface area contributed by atoms with E-state index >= 15 is 0 Å². The van der Waals surface area contributed by atoms with E-state index in [9.17, 15) is 27.5 Å². The molecular weight excluding hydrogens is 521 g/mol. The normalized spacial score (nSPS) is 13.7. The summed E-state index contributed by atoms with van der Waals surface area (Å²) in [7, 11) is 0.